The summed E-state index contributed by atoms with van der Waals surface area (Å²) in [5, 5.41) is 0. The van der Waals surface area contributed by atoms with Gasteiger partial charge >= 0.3 is 5.97 Å². The van der Waals surface area contributed by atoms with Gasteiger partial charge in [0.2, 0.25) is 0 Å². The molecular weight excluding hydrogens is 226 g/mol. The molecule has 0 amide bonds. The smallest absolute Gasteiger partial charge is 0.305 e. The molecule has 3 nitrogen and oxygen atoms in total. The third-order valence-electron chi connectivity index (χ3n) is 4.03. The minimum atomic E-state index is -0.0431. The van der Waals surface area contributed by atoms with Crippen LogP contribution in [0.15, 0.2) is 0 Å². The number of esters is 1. The first-order valence-electron chi connectivity index (χ1n) is 7.60. The van der Waals surface area contributed by atoms with Crippen LogP contribution in [0.4, 0.5) is 0 Å². The highest BCUT2D eigenvalue weighted by atomic mass is 16.5. The maximum Gasteiger partial charge on any atom is 0.305 e. The van der Waals surface area contributed by atoms with Gasteiger partial charge in [-0.3, -0.25) is 9.69 Å². The Morgan fingerprint density at radius 3 is 2.67 bits per heavy atom. The summed E-state index contributed by atoms with van der Waals surface area (Å²) in [6.07, 6.45) is 7.88. The van der Waals surface area contributed by atoms with Crippen molar-refractivity contribution in [2.45, 2.75) is 77.8 Å². The van der Waals surface area contributed by atoms with Gasteiger partial charge in [-0.25, -0.2) is 0 Å². The molecule has 0 aromatic heterocycles. The quantitative estimate of drug-likeness (QED) is 0.492. The second-order valence-electron chi connectivity index (χ2n) is 5.34. The van der Waals surface area contributed by atoms with Crippen LogP contribution < -0.4 is 0 Å². The van der Waals surface area contributed by atoms with Gasteiger partial charge in [0.05, 0.1) is 6.61 Å². The largest absolute Gasteiger partial charge is 0.466 e. The maximum absolute atomic E-state index is 11.2. The summed E-state index contributed by atoms with van der Waals surface area (Å²) >= 11 is 0. The minimum absolute atomic E-state index is 0.0431. The molecule has 1 heterocycles. The zero-order chi connectivity index (χ0) is 13.4. The van der Waals surface area contributed by atoms with Crippen molar-refractivity contribution in [1.82, 2.24) is 4.90 Å². The van der Waals surface area contributed by atoms with E-state index in [0.717, 1.165) is 24.9 Å². The van der Waals surface area contributed by atoms with Gasteiger partial charge in [0.25, 0.3) is 0 Å². The lowest BCUT2D eigenvalue weighted by Gasteiger charge is -2.27. The Morgan fingerprint density at radius 2 is 2.00 bits per heavy atom. The first-order chi connectivity index (χ1) is 8.69. The summed E-state index contributed by atoms with van der Waals surface area (Å²) < 4.78 is 4.92. The molecule has 2 atom stereocenters. The molecule has 0 radical (unpaired) electrons. The van der Waals surface area contributed by atoms with Crippen LogP contribution in [0.2, 0.25) is 0 Å². The van der Waals surface area contributed by atoms with E-state index in [4.69, 9.17) is 4.74 Å². The molecule has 0 spiro atoms. The second-order valence-corrected chi connectivity index (χ2v) is 5.34. The molecule has 1 rings (SSSR count). The Bertz CT molecular complexity index is 243. The highest BCUT2D eigenvalue weighted by molar-refractivity contribution is 5.69. The standard InChI is InChI=1S/C15H29NO2/c1-4-14-11-10-13(3)16(14)12-8-6-7-9-15(17)18-5-2/h13-14H,4-12H2,1-3H3. The normalized spacial score (nSPS) is 24.4. The number of carbonyl (C=O) groups excluding carboxylic acids is 1. The zero-order valence-electron chi connectivity index (χ0n) is 12.3. The maximum atomic E-state index is 11.2. The summed E-state index contributed by atoms with van der Waals surface area (Å²) in [6, 6.07) is 1.55. The van der Waals surface area contributed by atoms with E-state index < -0.39 is 0 Å². The molecule has 1 fully saturated rings. The number of nitrogens with zero attached hydrogens (tertiary/aromatic N) is 1. The monoisotopic (exact) mass is 255 g/mol. The first-order valence-corrected chi connectivity index (χ1v) is 7.60. The molecule has 0 aromatic rings. The Morgan fingerprint density at radius 1 is 1.22 bits per heavy atom. The van der Waals surface area contributed by atoms with Gasteiger partial charge in [-0.2, -0.15) is 0 Å². The Kier molecular flexibility index (Phi) is 7.33. The van der Waals surface area contributed by atoms with E-state index in [-0.39, 0.29) is 5.97 Å². The van der Waals surface area contributed by atoms with Crippen LogP contribution in [0.25, 0.3) is 0 Å². The van der Waals surface area contributed by atoms with E-state index in [9.17, 15) is 4.79 Å². The van der Waals surface area contributed by atoms with Crippen LogP contribution in [0.5, 0.6) is 0 Å². The number of ether oxygens (including phenoxy) is 1. The SMILES string of the molecule is CCOC(=O)CCCCCN1C(C)CCC1CC. The highest BCUT2D eigenvalue weighted by Crippen LogP contribution is 2.26. The van der Waals surface area contributed by atoms with Crippen LogP contribution in [-0.2, 0) is 9.53 Å². The summed E-state index contributed by atoms with van der Waals surface area (Å²) in [6.45, 7) is 8.19. The first kappa shape index (κ1) is 15.5. The van der Waals surface area contributed by atoms with Crippen molar-refractivity contribution in [3.63, 3.8) is 0 Å². The number of hydrogen-bond acceptors (Lipinski definition) is 3. The Balaban J connectivity index is 2.08. The van der Waals surface area contributed by atoms with E-state index >= 15 is 0 Å². The molecular formula is C15H29NO2. The number of likely N-dealkylation sites (tertiary alicyclic amines) is 1. The van der Waals surface area contributed by atoms with Crippen molar-refractivity contribution in [1.29, 1.82) is 0 Å². The van der Waals surface area contributed by atoms with E-state index in [1.807, 2.05) is 6.92 Å². The molecule has 0 saturated carbocycles. The molecule has 18 heavy (non-hydrogen) atoms. The summed E-state index contributed by atoms with van der Waals surface area (Å²) in [5.74, 6) is -0.0431. The van der Waals surface area contributed by atoms with Gasteiger partial charge in [-0.15, -0.1) is 0 Å². The predicted octanol–water partition coefficient (Wildman–Crippen LogP) is 3.37. The second kappa shape index (κ2) is 8.52. The van der Waals surface area contributed by atoms with E-state index in [1.54, 1.807) is 0 Å². The number of unbranched alkanes of at least 4 members (excludes halogenated alkanes) is 2. The highest BCUT2D eigenvalue weighted by Gasteiger charge is 2.28. The fraction of sp³-hybridized carbons (Fsp3) is 0.933. The molecule has 0 bridgehead atoms. The molecule has 1 aliphatic rings. The number of rotatable bonds is 8. The van der Waals surface area contributed by atoms with Crippen molar-refractivity contribution < 1.29 is 9.53 Å². The van der Waals surface area contributed by atoms with Crippen molar-refractivity contribution >= 4 is 5.97 Å². The number of carbonyl (C=O) groups is 1. The molecule has 3 heteroatoms. The van der Waals surface area contributed by atoms with Crippen molar-refractivity contribution in [3.8, 4) is 0 Å². The molecule has 106 valence electrons. The molecule has 0 N–H and O–H groups in total. The topological polar surface area (TPSA) is 29.5 Å². The van der Waals surface area contributed by atoms with Gasteiger partial charge < -0.3 is 4.74 Å². The minimum Gasteiger partial charge on any atom is -0.466 e. The summed E-state index contributed by atoms with van der Waals surface area (Å²) in [4.78, 5) is 13.8. The van der Waals surface area contributed by atoms with Crippen LogP contribution in [0.3, 0.4) is 0 Å². The summed E-state index contributed by atoms with van der Waals surface area (Å²) in [7, 11) is 0. The lowest BCUT2D eigenvalue weighted by Crippen LogP contribution is -2.34. The average Bonchev–Trinajstić information content (AvgIpc) is 2.70. The zero-order valence-corrected chi connectivity index (χ0v) is 12.3. The average molecular weight is 255 g/mol. The van der Waals surface area contributed by atoms with Crippen LogP contribution in [0, 0.1) is 0 Å². The van der Waals surface area contributed by atoms with Gasteiger partial charge in [0.15, 0.2) is 0 Å². The van der Waals surface area contributed by atoms with Crippen LogP contribution >= 0.6 is 0 Å². The van der Waals surface area contributed by atoms with Gasteiger partial charge in [-0.1, -0.05) is 13.3 Å². The Hall–Kier alpha value is -0.570. The molecule has 1 saturated heterocycles. The van der Waals surface area contributed by atoms with Gasteiger partial charge in [-0.05, 0) is 52.5 Å². The molecule has 0 aliphatic carbocycles. The van der Waals surface area contributed by atoms with Crippen molar-refractivity contribution in [2.24, 2.45) is 0 Å². The summed E-state index contributed by atoms with van der Waals surface area (Å²) in [5.41, 5.74) is 0. The fourth-order valence-electron chi connectivity index (χ4n) is 2.94. The predicted molar refractivity (Wildman–Crippen MR) is 74.6 cm³/mol. The molecule has 2 unspecified atom stereocenters. The van der Waals surface area contributed by atoms with Crippen LogP contribution in [-0.4, -0.2) is 36.1 Å². The lowest BCUT2D eigenvalue weighted by atomic mass is 10.1. The fourth-order valence-corrected chi connectivity index (χ4v) is 2.94. The number of hydrogen-bond donors (Lipinski definition) is 0. The lowest BCUT2D eigenvalue weighted by molar-refractivity contribution is -0.143. The van der Waals surface area contributed by atoms with Gasteiger partial charge in [0, 0.05) is 18.5 Å². The van der Waals surface area contributed by atoms with E-state index in [1.165, 1.54) is 32.2 Å². The third kappa shape index (κ3) is 4.97. The van der Waals surface area contributed by atoms with Gasteiger partial charge in [0.1, 0.15) is 0 Å². The van der Waals surface area contributed by atoms with Crippen LogP contribution in [0.1, 0.15) is 65.7 Å². The molecule has 0 aromatic carbocycles. The molecule has 1 aliphatic heterocycles. The third-order valence-corrected chi connectivity index (χ3v) is 4.03. The van der Waals surface area contributed by atoms with Crippen molar-refractivity contribution in [3.05, 3.63) is 0 Å². The van der Waals surface area contributed by atoms with E-state index in [0.29, 0.717) is 13.0 Å². The van der Waals surface area contributed by atoms with E-state index in [2.05, 4.69) is 18.7 Å². The Labute approximate surface area is 112 Å². The van der Waals surface area contributed by atoms with Crippen molar-refractivity contribution in [2.75, 3.05) is 13.2 Å².